The lowest BCUT2D eigenvalue weighted by Gasteiger charge is -2.11. The van der Waals surface area contributed by atoms with Gasteiger partial charge in [-0.05, 0) is 63.6 Å². The van der Waals surface area contributed by atoms with Crippen molar-refractivity contribution in [3.63, 3.8) is 0 Å². The van der Waals surface area contributed by atoms with Crippen LogP contribution in [0.1, 0.15) is 24.3 Å². The fourth-order valence-electron chi connectivity index (χ4n) is 1.85. The van der Waals surface area contributed by atoms with Crippen LogP contribution >= 0.6 is 43.2 Å². The molecule has 0 amide bonds. The maximum atomic E-state index is 5.89. The molecule has 0 radical (unpaired) electrons. The maximum absolute atomic E-state index is 5.89. The molecule has 0 saturated carbocycles. The second-order valence-corrected chi connectivity index (χ2v) is 7.97. The second-order valence-electron chi connectivity index (χ2n) is 5.26. The molecule has 0 aliphatic carbocycles. The van der Waals surface area contributed by atoms with Gasteiger partial charge in [-0.1, -0.05) is 29.8 Å². The highest BCUT2D eigenvalue weighted by Crippen LogP contribution is 2.26. The van der Waals surface area contributed by atoms with Crippen molar-refractivity contribution in [1.82, 2.24) is 5.32 Å². The quantitative estimate of drug-likeness (QED) is 0.614. The summed E-state index contributed by atoms with van der Waals surface area (Å²) in [6.45, 7) is 6.87. The first-order valence-electron chi connectivity index (χ1n) is 6.90. The molecule has 1 N–H and O–H groups in total. The van der Waals surface area contributed by atoms with E-state index in [-0.39, 0.29) is 0 Å². The number of hydrogen-bond acceptors (Lipinski definition) is 3. The van der Waals surface area contributed by atoms with Crippen molar-refractivity contribution in [2.75, 3.05) is 6.54 Å². The Morgan fingerprint density at radius 3 is 2.67 bits per heavy atom. The van der Waals surface area contributed by atoms with Crippen LogP contribution in [0.3, 0.4) is 0 Å². The molecule has 2 nitrogen and oxygen atoms in total. The predicted octanol–water partition coefficient (Wildman–Crippen LogP) is 5.60. The van der Waals surface area contributed by atoms with Crippen LogP contribution in [0, 0.1) is 5.92 Å². The zero-order chi connectivity index (χ0) is 15.2. The lowest BCUT2D eigenvalue weighted by atomic mass is 10.2. The third-order valence-electron chi connectivity index (χ3n) is 2.95. The van der Waals surface area contributed by atoms with Gasteiger partial charge in [-0.3, -0.25) is 0 Å². The molecule has 2 rings (SSSR count). The third kappa shape index (κ3) is 5.40. The minimum atomic E-state index is 0.596. The van der Waals surface area contributed by atoms with Crippen molar-refractivity contribution in [3.05, 3.63) is 49.0 Å². The number of rotatable bonds is 7. The molecule has 1 heterocycles. The Bertz CT molecular complexity index is 583. The van der Waals surface area contributed by atoms with E-state index in [0.29, 0.717) is 12.5 Å². The normalized spacial score (nSPS) is 11.1. The second kappa shape index (κ2) is 8.32. The molecule has 0 bridgehead atoms. The van der Waals surface area contributed by atoms with Gasteiger partial charge in [0.2, 0.25) is 0 Å². The molecule has 5 heteroatoms. The van der Waals surface area contributed by atoms with E-state index in [2.05, 4.69) is 62.5 Å². The summed E-state index contributed by atoms with van der Waals surface area (Å²) in [6.07, 6.45) is 0. The zero-order valence-corrected chi connectivity index (χ0v) is 16.1. The molecule has 21 heavy (non-hydrogen) atoms. The Balaban J connectivity index is 1.96. The molecule has 0 unspecified atom stereocenters. The molecule has 2 aromatic rings. The summed E-state index contributed by atoms with van der Waals surface area (Å²) >= 11 is 8.82. The Labute approximate surface area is 147 Å². The van der Waals surface area contributed by atoms with Crippen LogP contribution in [0.25, 0.3) is 0 Å². The van der Waals surface area contributed by atoms with E-state index >= 15 is 0 Å². The van der Waals surface area contributed by atoms with Crippen LogP contribution in [0.2, 0.25) is 0 Å². The van der Waals surface area contributed by atoms with Gasteiger partial charge in [-0.15, -0.1) is 11.3 Å². The van der Waals surface area contributed by atoms with E-state index in [4.69, 9.17) is 4.74 Å². The summed E-state index contributed by atoms with van der Waals surface area (Å²) < 4.78 is 8.11. The molecule has 0 atom stereocenters. The van der Waals surface area contributed by atoms with E-state index in [1.165, 1.54) is 10.4 Å². The number of ether oxygens (including phenoxy) is 1. The van der Waals surface area contributed by atoms with Gasteiger partial charge in [0.15, 0.2) is 0 Å². The van der Waals surface area contributed by atoms with Gasteiger partial charge in [-0.25, -0.2) is 0 Å². The van der Waals surface area contributed by atoms with Crippen LogP contribution in [0.5, 0.6) is 5.75 Å². The Kier molecular flexibility index (Phi) is 6.74. The zero-order valence-electron chi connectivity index (χ0n) is 12.2. The molecular weight excluding hydrogens is 414 g/mol. The number of benzene rings is 1. The molecule has 0 spiro atoms. The molecular formula is C16H19Br2NOS. The minimum absolute atomic E-state index is 0.596. The fourth-order valence-corrected chi connectivity index (χ4v) is 3.61. The SMILES string of the molecule is CC(C)CNCc1cc(OCc2sccc2Br)ccc1Br. The fraction of sp³-hybridized carbons (Fsp3) is 0.375. The highest BCUT2D eigenvalue weighted by Gasteiger charge is 2.06. The highest BCUT2D eigenvalue weighted by molar-refractivity contribution is 9.10. The van der Waals surface area contributed by atoms with Gasteiger partial charge >= 0.3 is 0 Å². The number of thiophene rings is 1. The van der Waals surface area contributed by atoms with Crippen LogP contribution < -0.4 is 10.1 Å². The average molecular weight is 433 g/mol. The van der Waals surface area contributed by atoms with Crippen molar-refractivity contribution in [2.45, 2.75) is 27.0 Å². The summed E-state index contributed by atoms with van der Waals surface area (Å²) in [7, 11) is 0. The lowest BCUT2D eigenvalue weighted by Crippen LogP contribution is -2.19. The maximum Gasteiger partial charge on any atom is 0.124 e. The summed E-state index contributed by atoms with van der Waals surface area (Å²) in [4.78, 5) is 1.21. The van der Waals surface area contributed by atoms with Gasteiger partial charge in [0.25, 0.3) is 0 Å². The highest BCUT2D eigenvalue weighted by atomic mass is 79.9. The van der Waals surface area contributed by atoms with E-state index < -0.39 is 0 Å². The Morgan fingerprint density at radius 2 is 2.00 bits per heavy atom. The minimum Gasteiger partial charge on any atom is -0.488 e. The van der Waals surface area contributed by atoms with Crippen LogP contribution in [0.15, 0.2) is 38.6 Å². The number of hydrogen-bond donors (Lipinski definition) is 1. The van der Waals surface area contributed by atoms with Gasteiger partial charge in [0.1, 0.15) is 12.4 Å². The third-order valence-corrected chi connectivity index (χ3v) is 5.62. The van der Waals surface area contributed by atoms with Gasteiger partial charge < -0.3 is 10.1 Å². The molecule has 0 fully saturated rings. The molecule has 0 aliphatic heterocycles. The summed E-state index contributed by atoms with van der Waals surface area (Å²) in [5, 5.41) is 5.52. The van der Waals surface area contributed by atoms with E-state index in [0.717, 1.165) is 27.8 Å². The van der Waals surface area contributed by atoms with E-state index in [1.807, 2.05) is 18.2 Å². The monoisotopic (exact) mass is 431 g/mol. The van der Waals surface area contributed by atoms with Gasteiger partial charge in [0, 0.05) is 15.5 Å². The van der Waals surface area contributed by atoms with Crippen LogP contribution in [-0.4, -0.2) is 6.54 Å². The van der Waals surface area contributed by atoms with Crippen molar-refractivity contribution < 1.29 is 4.74 Å². The van der Waals surface area contributed by atoms with Crippen molar-refractivity contribution >= 4 is 43.2 Å². The van der Waals surface area contributed by atoms with Crippen molar-refractivity contribution in [2.24, 2.45) is 5.92 Å². The van der Waals surface area contributed by atoms with E-state index in [1.54, 1.807) is 11.3 Å². The van der Waals surface area contributed by atoms with Gasteiger partial charge in [-0.2, -0.15) is 0 Å². The summed E-state index contributed by atoms with van der Waals surface area (Å²) in [5.41, 5.74) is 1.22. The Morgan fingerprint density at radius 1 is 1.19 bits per heavy atom. The van der Waals surface area contributed by atoms with Crippen LogP contribution in [-0.2, 0) is 13.2 Å². The first kappa shape index (κ1) is 17.0. The van der Waals surface area contributed by atoms with Crippen LogP contribution in [0.4, 0.5) is 0 Å². The topological polar surface area (TPSA) is 21.3 Å². The molecule has 0 saturated heterocycles. The van der Waals surface area contributed by atoms with Crippen molar-refractivity contribution in [1.29, 1.82) is 0 Å². The first-order valence-corrected chi connectivity index (χ1v) is 9.36. The smallest absolute Gasteiger partial charge is 0.124 e. The number of nitrogens with one attached hydrogen (secondary N) is 1. The van der Waals surface area contributed by atoms with Gasteiger partial charge in [0.05, 0.1) is 4.88 Å². The molecule has 0 aliphatic rings. The molecule has 1 aromatic carbocycles. The molecule has 114 valence electrons. The number of halogens is 2. The summed E-state index contributed by atoms with van der Waals surface area (Å²) in [5.74, 6) is 1.55. The lowest BCUT2D eigenvalue weighted by molar-refractivity contribution is 0.308. The predicted molar refractivity (Wildman–Crippen MR) is 97.0 cm³/mol. The standard InChI is InChI=1S/C16H19Br2NOS/c1-11(2)8-19-9-12-7-13(3-4-14(12)17)20-10-16-15(18)5-6-21-16/h3-7,11,19H,8-10H2,1-2H3. The summed E-state index contributed by atoms with van der Waals surface area (Å²) in [6, 6.07) is 8.19. The molecule has 1 aromatic heterocycles. The average Bonchev–Trinajstić information content (AvgIpc) is 2.84. The van der Waals surface area contributed by atoms with Crippen molar-refractivity contribution in [3.8, 4) is 5.75 Å². The van der Waals surface area contributed by atoms with E-state index in [9.17, 15) is 0 Å². The first-order chi connectivity index (χ1) is 10.1. The largest absolute Gasteiger partial charge is 0.488 e. The Hall–Kier alpha value is -0.360.